The van der Waals surface area contributed by atoms with Gasteiger partial charge in [-0.1, -0.05) is 30.8 Å². The van der Waals surface area contributed by atoms with E-state index in [1.54, 1.807) is 12.1 Å². The molecule has 0 aliphatic carbocycles. The van der Waals surface area contributed by atoms with Crippen molar-refractivity contribution in [2.75, 3.05) is 18.0 Å². The summed E-state index contributed by atoms with van der Waals surface area (Å²) in [6, 6.07) is 8.94. The Morgan fingerprint density at radius 1 is 1.29 bits per heavy atom. The number of aromatic hydroxyl groups is 1. The van der Waals surface area contributed by atoms with Crippen LogP contribution in [0, 0.1) is 0 Å². The van der Waals surface area contributed by atoms with E-state index in [0.29, 0.717) is 22.2 Å². The van der Waals surface area contributed by atoms with Crippen LogP contribution in [0.4, 0.5) is 5.69 Å². The maximum absolute atomic E-state index is 11.6. The standard InChI is InChI=1S/C17H19NO3/c1-4-16(20)21-17-13-10-8-7-9-12(13)15(19)11-14(17)18(5-2)6-3/h4,7-11,19H,1,5-6H2,2-3H3. The lowest BCUT2D eigenvalue weighted by molar-refractivity contribution is -0.128. The van der Waals surface area contributed by atoms with Crippen molar-refractivity contribution < 1.29 is 14.6 Å². The first kappa shape index (κ1) is 14.9. The molecule has 0 unspecified atom stereocenters. The molecule has 1 N–H and O–H groups in total. The van der Waals surface area contributed by atoms with Crippen LogP contribution in [-0.4, -0.2) is 24.2 Å². The van der Waals surface area contributed by atoms with Gasteiger partial charge in [0.2, 0.25) is 0 Å². The minimum absolute atomic E-state index is 0.172. The molecule has 0 bridgehead atoms. The summed E-state index contributed by atoms with van der Waals surface area (Å²) in [5.41, 5.74) is 0.700. The summed E-state index contributed by atoms with van der Waals surface area (Å²) >= 11 is 0. The third kappa shape index (κ3) is 2.84. The molecule has 0 aliphatic rings. The summed E-state index contributed by atoms with van der Waals surface area (Å²) < 4.78 is 5.44. The monoisotopic (exact) mass is 285 g/mol. The second-order valence-electron chi connectivity index (χ2n) is 4.59. The van der Waals surface area contributed by atoms with Crippen LogP contribution in [0.5, 0.6) is 11.5 Å². The minimum Gasteiger partial charge on any atom is -0.507 e. The summed E-state index contributed by atoms with van der Waals surface area (Å²) in [5, 5.41) is 11.6. The highest BCUT2D eigenvalue weighted by atomic mass is 16.5. The molecule has 2 aromatic carbocycles. The first-order chi connectivity index (χ1) is 10.1. The van der Waals surface area contributed by atoms with Gasteiger partial charge in [0.05, 0.1) is 5.69 Å². The number of phenolic OH excluding ortho intramolecular Hbond substituents is 1. The summed E-state index contributed by atoms with van der Waals surface area (Å²) in [4.78, 5) is 13.7. The number of hydrogen-bond donors (Lipinski definition) is 1. The highest BCUT2D eigenvalue weighted by molar-refractivity contribution is 6.00. The van der Waals surface area contributed by atoms with Crippen LogP contribution in [0.1, 0.15) is 13.8 Å². The topological polar surface area (TPSA) is 49.8 Å². The normalized spacial score (nSPS) is 10.4. The Hall–Kier alpha value is -2.49. The van der Waals surface area contributed by atoms with E-state index >= 15 is 0 Å². The van der Waals surface area contributed by atoms with Gasteiger partial charge in [0.1, 0.15) is 5.75 Å². The van der Waals surface area contributed by atoms with Crippen molar-refractivity contribution in [2.24, 2.45) is 0 Å². The lowest BCUT2D eigenvalue weighted by Gasteiger charge is -2.24. The molecule has 2 rings (SSSR count). The zero-order chi connectivity index (χ0) is 15.4. The van der Waals surface area contributed by atoms with Gasteiger partial charge in [0.15, 0.2) is 5.75 Å². The number of carbonyl (C=O) groups excluding carboxylic acids is 1. The largest absolute Gasteiger partial charge is 0.507 e. The Kier molecular flexibility index (Phi) is 4.48. The summed E-state index contributed by atoms with van der Waals surface area (Å²) in [6.07, 6.45) is 1.13. The molecule has 2 aromatic rings. The molecule has 0 fully saturated rings. The number of carbonyl (C=O) groups is 1. The van der Waals surface area contributed by atoms with E-state index in [-0.39, 0.29) is 5.75 Å². The second kappa shape index (κ2) is 6.31. The Morgan fingerprint density at radius 3 is 2.48 bits per heavy atom. The fraction of sp³-hybridized carbons (Fsp3) is 0.235. The number of hydrogen-bond acceptors (Lipinski definition) is 4. The Balaban J connectivity index is 2.73. The van der Waals surface area contributed by atoms with Gasteiger partial charge in [0.25, 0.3) is 0 Å². The number of ether oxygens (including phenoxy) is 1. The average Bonchev–Trinajstić information content (AvgIpc) is 2.51. The number of fused-ring (bicyclic) bond motifs is 1. The summed E-state index contributed by atoms with van der Waals surface area (Å²) in [5.74, 6) is 0.113. The highest BCUT2D eigenvalue weighted by Gasteiger charge is 2.18. The lowest BCUT2D eigenvalue weighted by atomic mass is 10.1. The van der Waals surface area contributed by atoms with Crippen LogP contribution in [0.2, 0.25) is 0 Å². The molecular weight excluding hydrogens is 266 g/mol. The molecule has 0 amide bonds. The van der Waals surface area contributed by atoms with Crippen molar-refractivity contribution in [2.45, 2.75) is 13.8 Å². The molecule has 0 saturated carbocycles. The van der Waals surface area contributed by atoms with Crippen LogP contribution in [0.15, 0.2) is 43.0 Å². The average molecular weight is 285 g/mol. The van der Waals surface area contributed by atoms with Crippen LogP contribution in [-0.2, 0) is 4.79 Å². The van der Waals surface area contributed by atoms with Crippen molar-refractivity contribution >= 4 is 22.4 Å². The molecule has 4 nitrogen and oxygen atoms in total. The van der Waals surface area contributed by atoms with E-state index in [4.69, 9.17) is 4.74 Å². The summed E-state index contributed by atoms with van der Waals surface area (Å²) in [7, 11) is 0. The molecule has 0 spiro atoms. The van der Waals surface area contributed by atoms with Gasteiger partial charge >= 0.3 is 5.97 Å². The van der Waals surface area contributed by atoms with Crippen molar-refractivity contribution in [3.05, 3.63) is 43.0 Å². The van der Waals surface area contributed by atoms with Crippen LogP contribution in [0.25, 0.3) is 10.8 Å². The van der Waals surface area contributed by atoms with Gasteiger partial charge in [-0.25, -0.2) is 4.79 Å². The van der Waals surface area contributed by atoms with Crippen LogP contribution < -0.4 is 9.64 Å². The fourth-order valence-corrected chi connectivity index (χ4v) is 2.36. The molecule has 110 valence electrons. The Morgan fingerprint density at radius 2 is 1.90 bits per heavy atom. The second-order valence-corrected chi connectivity index (χ2v) is 4.59. The molecule has 4 heteroatoms. The SMILES string of the molecule is C=CC(=O)Oc1c(N(CC)CC)cc(O)c2ccccc12. The maximum atomic E-state index is 11.6. The maximum Gasteiger partial charge on any atom is 0.335 e. The van der Waals surface area contributed by atoms with Gasteiger partial charge in [-0.3, -0.25) is 0 Å². The predicted octanol–water partition coefficient (Wildman–Crippen LogP) is 3.48. The molecule has 0 heterocycles. The number of anilines is 1. The third-order valence-electron chi connectivity index (χ3n) is 3.43. The molecule has 0 aliphatic heterocycles. The molecule has 0 radical (unpaired) electrons. The quantitative estimate of drug-likeness (QED) is 0.519. The van der Waals surface area contributed by atoms with E-state index in [2.05, 4.69) is 6.58 Å². The number of rotatable bonds is 5. The van der Waals surface area contributed by atoms with E-state index in [9.17, 15) is 9.90 Å². The molecule has 0 aromatic heterocycles. The first-order valence-electron chi connectivity index (χ1n) is 6.96. The molecule has 0 atom stereocenters. The molecule has 21 heavy (non-hydrogen) atoms. The number of phenols is 1. The lowest BCUT2D eigenvalue weighted by Crippen LogP contribution is -2.23. The number of esters is 1. The minimum atomic E-state index is -0.515. The van der Waals surface area contributed by atoms with Gasteiger partial charge < -0.3 is 14.7 Å². The van der Waals surface area contributed by atoms with E-state index in [0.717, 1.165) is 19.2 Å². The van der Waals surface area contributed by atoms with E-state index in [1.807, 2.05) is 36.9 Å². The number of nitrogens with zero attached hydrogens (tertiary/aromatic N) is 1. The van der Waals surface area contributed by atoms with Crippen molar-refractivity contribution in [1.29, 1.82) is 0 Å². The predicted molar refractivity (Wildman–Crippen MR) is 85.0 cm³/mol. The van der Waals surface area contributed by atoms with Crippen molar-refractivity contribution in [3.63, 3.8) is 0 Å². The van der Waals surface area contributed by atoms with Gasteiger partial charge in [-0.15, -0.1) is 0 Å². The Labute approximate surface area is 124 Å². The Bertz CT molecular complexity index is 675. The van der Waals surface area contributed by atoms with Crippen LogP contribution >= 0.6 is 0 Å². The van der Waals surface area contributed by atoms with Gasteiger partial charge in [0, 0.05) is 36.0 Å². The first-order valence-corrected chi connectivity index (χ1v) is 6.96. The number of benzene rings is 2. The zero-order valence-corrected chi connectivity index (χ0v) is 12.3. The highest BCUT2D eigenvalue weighted by Crippen LogP contribution is 2.41. The van der Waals surface area contributed by atoms with Crippen molar-refractivity contribution in [1.82, 2.24) is 0 Å². The van der Waals surface area contributed by atoms with E-state index in [1.165, 1.54) is 0 Å². The molecule has 0 saturated heterocycles. The fourth-order valence-electron chi connectivity index (χ4n) is 2.36. The van der Waals surface area contributed by atoms with Crippen LogP contribution in [0.3, 0.4) is 0 Å². The summed E-state index contributed by atoms with van der Waals surface area (Å²) in [6.45, 7) is 8.94. The van der Waals surface area contributed by atoms with E-state index < -0.39 is 5.97 Å². The molecular formula is C17H19NO3. The van der Waals surface area contributed by atoms with Gasteiger partial charge in [-0.2, -0.15) is 0 Å². The third-order valence-corrected chi connectivity index (χ3v) is 3.43. The smallest absolute Gasteiger partial charge is 0.335 e. The van der Waals surface area contributed by atoms with Gasteiger partial charge in [-0.05, 0) is 13.8 Å². The van der Waals surface area contributed by atoms with Crippen molar-refractivity contribution in [3.8, 4) is 11.5 Å². The zero-order valence-electron chi connectivity index (χ0n) is 12.3.